The van der Waals surface area contributed by atoms with Crippen LogP contribution in [0.5, 0.6) is 0 Å². The quantitative estimate of drug-likeness (QED) is 0.378. The maximum Gasteiger partial charge on any atom is 0.243 e. The zero-order chi connectivity index (χ0) is 29.5. The van der Waals surface area contributed by atoms with Crippen molar-refractivity contribution in [2.45, 2.75) is 120 Å². The van der Waals surface area contributed by atoms with Crippen LogP contribution in [0.25, 0.3) is 10.4 Å². The fourth-order valence-corrected chi connectivity index (χ4v) is 4.81. The zero-order valence-electron chi connectivity index (χ0n) is 26.0. The molecule has 3 rings (SSSR count). The highest BCUT2D eigenvalue weighted by Gasteiger charge is 2.41. The van der Waals surface area contributed by atoms with Gasteiger partial charge in [0.25, 0.3) is 0 Å². The van der Waals surface area contributed by atoms with Crippen LogP contribution in [-0.4, -0.2) is 46.4 Å². The van der Waals surface area contributed by atoms with Crippen molar-refractivity contribution in [1.82, 2.24) is 20.5 Å². The monoisotopic (exact) mass is 546 g/mol. The second-order valence-corrected chi connectivity index (χ2v) is 10.9. The van der Waals surface area contributed by atoms with Crippen LogP contribution < -0.4 is 10.6 Å². The van der Waals surface area contributed by atoms with E-state index in [0.29, 0.717) is 13.0 Å². The largest absolute Gasteiger partial charge is 0.348 e. The number of thiazole rings is 1. The van der Waals surface area contributed by atoms with Gasteiger partial charge in [0.15, 0.2) is 0 Å². The molecule has 2 aromatic rings. The Morgan fingerprint density at radius 1 is 1.00 bits per heavy atom. The summed E-state index contributed by atoms with van der Waals surface area (Å²) in [6.07, 6.45) is 3.41. The third-order valence-electron chi connectivity index (χ3n) is 5.94. The van der Waals surface area contributed by atoms with Crippen LogP contribution in [0.15, 0.2) is 36.0 Å². The number of nitrogens with one attached hydrogen (secondary N) is 2. The van der Waals surface area contributed by atoms with Gasteiger partial charge in [-0.25, -0.2) is 0 Å². The topological polar surface area (TPSA) is 74.3 Å². The third-order valence-corrected chi connectivity index (χ3v) is 6.76. The Labute approximate surface area is 237 Å². The second kappa shape index (κ2) is 18.1. The predicted octanol–water partition coefficient (Wildman–Crippen LogP) is 7.47. The maximum atomic E-state index is 13.4. The van der Waals surface area contributed by atoms with Crippen LogP contribution in [0.4, 0.5) is 0 Å². The van der Waals surface area contributed by atoms with Crippen molar-refractivity contribution in [1.29, 1.82) is 0 Å². The molecule has 2 heterocycles. The number of aromatic nitrogens is 1. The Bertz CT molecular complexity index is 905. The molecule has 1 fully saturated rings. The maximum absolute atomic E-state index is 13.4. The molecule has 216 valence electrons. The minimum atomic E-state index is -0.416. The summed E-state index contributed by atoms with van der Waals surface area (Å²) in [5, 5.41) is 6.55. The summed E-state index contributed by atoms with van der Waals surface area (Å²) >= 11 is 1.60. The van der Waals surface area contributed by atoms with Gasteiger partial charge >= 0.3 is 0 Å². The van der Waals surface area contributed by atoms with Crippen molar-refractivity contribution < 1.29 is 9.59 Å². The molecule has 1 aromatic heterocycles. The molecule has 1 aromatic carbocycles. The Balaban J connectivity index is 0.00000213. The number of carbonyl (C=O) groups excluding carboxylic acids is 2. The van der Waals surface area contributed by atoms with Gasteiger partial charge in [-0.2, -0.15) is 0 Å². The molecule has 3 atom stereocenters. The number of hydrogen-bond acceptors (Lipinski definition) is 5. The summed E-state index contributed by atoms with van der Waals surface area (Å²) < 4.78 is 0. The molecule has 2 amide bonds. The lowest BCUT2D eigenvalue weighted by Crippen LogP contribution is -2.57. The zero-order valence-corrected chi connectivity index (χ0v) is 26.8. The average Bonchev–Trinajstić information content (AvgIpc) is 3.63. The molecule has 7 heteroatoms. The average molecular weight is 547 g/mol. The lowest BCUT2D eigenvalue weighted by molar-refractivity contribution is -0.142. The molecule has 1 aliphatic rings. The minimum absolute atomic E-state index is 0.0189. The summed E-state index contributed by atoms with van der Waals surface area (Å²) in [6, 6.07) is 7.51. The number of likely N-dealkylation sites (tertiary alicyclic amines) is 1. The van der Waals surface area contributed by atoms with Gasteiger partial charge in [0.1, 0.15) is 6.04 Å². The van der Waals surface area contributed by atoms with Gasteiger partial charge in [0, 0.05) is 18.8 Å². The van der Waals surface area contributed by atoms with Crippen molar-refractivity contribution in [3.05, 3.63) is 41.5 Å². The van der Waals surface area contributed by atoms with Crippen LogP contribution in [0.3, 0.4) is 0 Å². The van der Waals surface area contributed by atoms with Gasteiger partial charge in [-0.1, -0.05) is 100 Å². The lowest BCUT2D eigenvalue weighted by Gasteiger charge is -2.36. The van der Waals surface area contributed by atoms with E-state index in [4.69, 9.17) is 0 Å². The van der Waals surface area contributed by atoms with Gasteiger partial charge in [-0.05, 0) is 36.3 Å². The van der Waals surface area contributed by atoms with E-state index in [-0.39, 0.29) is 35.4 Å². The first-order valence-electron chi connectivity index (χ1n) is 14.4. The third kappa shape index (κ3) is 10.5. The first-order valence-corrected chi connectivity index (χ1v) is 15.3. The molecule has 0 aliphatic carbocycles. The van der Waals surface area contributed by atoms with Gasteiger partial charge in [-0.3, -0.25) is 14.6 Å². The molecule has 2 N–H and O–H groups in total. The standard InChI is InChI=1S/C25H36N4O2S.3C2H6/c1-16(2)27-22(25(4,5)6)24(31)29-13-7-8-20(29)23(30)28-17(3)18-9-11-19(12-10-18)21-14-26-15-32-21;3*1-2/h9-12,14-17,20,22,27H,7-8,13H2,1-6H3,(H,28,30);3*1-2H3. The molecule has 0 radical (unpaired) electrons. The van der Waals surface area contributed by atoms with E-state index in [2.05, 4.69) is 48.5 Å². The Kier molecular flexibility index (Phi) is 17.0. The molecular weight excluding hydrogens is 492 g/mol. The van der Waals surface area contributed by atoms with Crippen molar-refractivity contribution in [3.63, 3.8) is 0 Å². The van der Waals surface area contributed by atoms with Gasteiger partial charge in [0.05, 0.1) is 22.5 Å². The highest BCUT2D eigenvalue weighted by Crippen LogP contribution is 2.28. The number of hydrogen-bond donors (Lipinski definition) is 2. The Hall–Kier alpha value is -2.25. The van der Waals surface area contributed by atoms with E-state index in [1.165, 1.54) is 0 Å². The van der Waals surface area contributed by atoms with Crippen LogP contribution in [0.1, 0.15) is 108 Å². The van der Waals surface area contributed by atoms with Crippen molar-refractivity contribution in [2.75, 3.05) is 6.54 Å². The van der Waals surface area contributed by atoms with E-state index >= 15 is 0 Å². The smallest absolute Gasteiger partial charge is 0.243 e. The molecular formula is C31H54N4O2S. The van der Waals surface area contributed by atoms with Crippen LogP contribution in [0.2, 0.25) is 0 Å². The van der Waals surface area contributed by atoms with Crippen molar-refractivity contribution in [2.24, 2.45) is 5.41 Å². The number of benzene rings is 1. The van der Waals surface area contributed by atoms with E-state index < -0.39 is 6.04 Å². The highest BCUT2D eigenvalue weighted by molar-refractivity contribution is 7.13. The molecule has 3 unspecified atom stereocenters. The summed E-state index contributed by atoms with van der Waals surface area (Å²) in [7, 11) is 0. The Morgan fingerprint density at radius 2 is 1.58 bits per heavy atom. The fraction of sp³-hybridized carbons (Fsp3) is 0.645. The van der Waals surface area contributed by atoms with E-state index in [1.807, 2.05) is 86.2 Å². The number of carbonyl (C=O) groups is 2. The van der Waals surface area contributed by atoms with Crippen LogP contribution >= 0.6 is 11.3 Å². The lowest BCUT2D eigenvalue weighted by atomic mass is 9.85. The van der Waals surface area contributed by atoms with Crippen molar-refractivity contribution >= 4 is 23.2 Å². The van der Waals surface area contributed by atoms with E-state index in [0.717, 1.165) is 22.4 Å². The van der Waals surface area contributed by atoms with E-state index in [1.54, 1.807) is 16.2 Å². The number of nitrogens with zero attached hydrogens (tertiary/aromatic N) is 2. The first kappa shape index (κ1) is 35.8. The Morgan fingerprint density at radius 3 is 2.05 bits per heavy atom. The van der Waals surface area contributed by atoms with Crippen LogP contribution in [0, 0.1) is 5.41 Å². The van der Waals surface area contributed by atoms with Gasteiger partial charge in [0.2, 0.25) is 11.8 Å². The molecule has 1 aliphatic heterocycles. The molecule has 0 bridgehead atoms. The fourth-order valence-electron chi connectivity index (χ4n) is 4.18. The van der Waals surface area contributed by atoms with Gasteiger partial charge < -0.3 is 15.5 Å². The molecule has 1 saturated heterocycles. The summed E-state index contributed by atoms with van der Waals surface area (Å²) in [5.74, 6) is -0.0579. The predicted molar refractivity (Wildman–Crippen MR) is 164 cm³/mol. The highest BCUT2D eigenvalue weighted by atomic mass is 32.1. The molecule has 0 saturated carbocycles. The van der Waals surface area contributed by atoms with Crippen molar-refractivity contribution in [3.8, 4) is 10.4 Å². The summed E-state index contributed by atoms with van der Waals surface area (Å²) in [4.78, 5) is 33.6. The normalized spacial score (nSPS) is 16.1. The number of amides is 2. The molecule has 6 nitrogen and oxygen atoms in total. The molecule has 0 spiro atoms. The second-order valence-electron chi connectivity index (χ2n) is 10.0. The molecule has 38 heavy (non-hydrogen) atoms. The first-order chi connectivity index (χ1) is 18.1. The van der Waals surface area contributed by atoms with Gasteiger partial charge in [-0.15, -0.1) is 11.3 Å². The SMILES string of the molecule is CC.CC.CC.CC(C)NC(C(=O)N1CCCC1C(=O)NC(C)c1ccc(-c2cncs2)cc1)C(C)(C)C. The summed E-state index contributed by atoms with van der Waals surface area (Å²) in [6.45, 7) is 24.9. The minimum Gasteiger partial charge on any atom is -0.348 e. The van der Waals surface area contributed by atoms with E-state index in [9.17, 15) is 9.59 Å². The summed E-state index contributed by atoms with van der Waals surface area (Å²) in [5.41, 5.74) is 3.74. The van der Waals surface area contributed by atoms with Crippen LogP contribution in [-0.2, 0) is 9.59 Å². The number of rotatable bonds is 7.